The number of sulfonamides is 1. The van der Waals surface area contributed by atoms with Crippen LogP contribution >= 0.6 is 11.3 Å². The third-order valence-electron chi connectivity index (χ3n) is 3.76. The van der Waals surface area contributed by atoms with Crippen molar-refractivity contribution in [3.63, 3.8) is 0 Å². The van der Waals surface area contributed by atoms with Crippen molar-refractivity contribution in [2.75, 3.05) is 32.4 Å². The summed E-state index contributed by atoms with van der Waals surface area (Å²) >= 11 is 1.65. The van der Waals surface area contributed by atoms with Gasteiger partial charge in [0.15, 0.2) is 0 Å². The van der Waals surface area contributed by atoms with E-state index in [9.17, 15) is 8.42 Å². The number of rotatable bonds is 4. The SMILES string of the molecule is CS(=O)(=O)N1CCN(Cc2csc(-c3ccccc3)n2)CC1. The zero-order valence-corrected chi connectivity index (χ0v) is 14.1. The molecule has 1 aromatic carbocycles. The molecule has 0 N–H and O–H groups in total. The van der Waals surface area contributed by atoms with Crippen molar-refractivity contribution in [1.82, 2.24) is 14.2 Å². The number of hydrogen-bond donors (Lipinski definition) is 0. The topological polar surface area (TPSA) is 53.5 Å². The summed E-state index contributed by atoms with van der Waals surface area (Å²) in [7, 11) is -3.06. The highest BCUT2D eigenvalue weighted by Gasteiger charge is 2.23. The Morgan fingerprint density at radius 2 is 1.82 bits per heavy atom. The van der Waals surface area contributed by atoms with E-state index >= 15 is 0 Å². The van der Waals surface area contributed by atoms with Gasteiger partial charge in [-0.05, 0) is 0 Å². The number of hydrogen-bond acceptors (Lipinski definition) is 5. The zero-order chi connectivity index (χ0) is 15.6. The second-order valence-corrected chi connectivity index (χ2v) is 8.29. The van der Waals surface area contributed by atoms with Gasteiger partial charge in [-0.15, -0.1) is 11.3 Å². The summed E-state index contributed by atoms with van der Waals surface area (Å²) < 4.78 is 24.6. The molecule has 0 atom stereocenters. The Morgan fingerprint density at radius 3 is 2.45 bits per heavy atom. The van der Waals surface area contributed by atoms with Crippen LogP contribution in [0.4, 0.5) is 0 Å². The van der Waals surface area contributed by atoms with Crippen LogP contribution in [0.25, 0.3) is 10.6 Å². The van der Waals surface area contributed by atoms with Gasteiger partial charge in [0.05, 0.1) is 11.9 Å². The molecule has 2 aromatic rings. The fraction of sp³-hybridized carbons (Fsp3) is 0.400. The minimum absolute atomic E-state index is 0.564. The lowest BCUT2D eigenvalue weighted by molar-refractivity contribution is 0.181. The molecule has 1 saturated heterocycles. The molecule has 118 valence electrons. The van der Waals surface area contributed by atoms with Gasteiger partial charge in [-0.3, -0.25) is 4.90 Å². The Morgan fingerprint density at radius 1 is 1.14 bits per heavy atom. The second kappa shape index (κ2) is 6.45. The van der Waals surface area contributed by atoms with E-state index in [1.807, 2.05) is 18.2 Å². The molecule has 0 unspecified atom stereocenters. The Balaban J connectivity index is 1.60. The first-order valence-corrected chi connectivity index (χ1v) is 9.92. The standard InChI is InChI=1S/C15H19N3O2S2/c1-22(19,20)18-9-7-17(8-10-18)11-14-12-21-15(16-14)13-5-3-2-4-6-13/h2-6,12H,7-11H2,1H3. The molecular weight excluding hydrogens is 318 g/mol. The van der Waals surface area contributed by atoms with E-state index in [2.05, 4.69) is 27.4 Å². The molecule has 7 heteroatoms. The largest absolute Gasteiger partial charge is 0.295 e. The van der Waals surface area contributed by atoms with Gasteiger partial charge in [0, 0.05) is 43.7 Å². The minimum atomic E-state index is -3.06. The summed E-state index contributed by atoms with van der Waals surface area (Å²) in [5, 5.41) is 3.12. The first kappa shape index (κ1) is 15.6. The summed E-state index contributed by atoms with van der Waals surface area (Å²) in [6.07, 6.45) is 1.27. The van der Waals surface area contributed by atoms with E-state index in [1.54, 1.807) is 15.6 Å². The molecule has 0 aliphatic carbocycles. The van der Waals surface area contributed by atoms with Crippen LogP contribution in [0.5, 0.6) is 0 Å². The summed E-state index contributed by atoms with van der Waals surface area (Å²) in [6, 6.07) is 10.2. The van der Waals surface area contributed by atoms with Gasteiger partial charge >= 0.3 is 0 Å². The zero-order valence-electron chi connectivity index (χ0n) is 12.5. The number of piperazine rings is 1. The molecule has 1 aliphatic heterocycles. The van der Waals surface area contributed by atoms with Crippen LogP contribution in [0.3, 0.4) is 0 Å². The highest BCUT2D eigenvalue weighted by atomic mass is 32.2. The highest BCUT2D eigenvalue weighted by Crippen LogP contribution is 2.24. The van der Waals surface area contributed by atoms with Gasteiger partial charge in [0.1, 0.15) is 5.01 Å². The van der Waals surface area contributed by atoms with E-state index in [1.165, 1.54) is 6.26 Å². The summed E-state index contributed by atoms with van der Waals surface area (Å²) in [6.45, 7) is 3.42. The Kier molecular flexibility index (Phi) is 4.58. The van der Waals surface area contributed by atoms with Crippen molar-refractivity contribution in [3.05, 3.63) is 41.4 Å². The maximum atomic E-state index is 11.5. The lowest BCUT2D eigenvalue weighted by Gasteiger charge is -2.32. The van der Waals surface area contributed by atoms with Crippen LogP contribution < -0.4 is 0 Å². The number of thiazole rings is 1. The fourth-order valence-corrected chi connectivity index (χ4v) is 4.18. The van der Waals surface area contributed by atoms with Gasteiger partial charge in [-0.2, -0.15) is 4.31 Å². The Labute approximate surface area is 135 Å². The van der Waals surface area contributed by atoms with Crippen molar-refractivity contribution in [2.24, 2.45) is 0 Å². The number of benzene rings is 1. The molecule has 0 radical (unpaired) electrons. The summed E-state index contributed by atoms with van der Waals surface area (Å²) in [5.74, 6) is 0. The van der Waals surface area contributed by atoms with E-state index in [0.29, 0.717) is 13.1 Å². The lowest BCUT2D eigenvalue weighted by atomic mass is 10.2. The van der Waals surface area contributed by atoms with Crippen molar-refractivity contribution in [1.29, 1.82) is 0 Å². The summed E-state index contributed by atoms with van der Waals surface area (Å²) in [4.78, 5) is 6.94. The normalized spacial score (nSPS) is 17.7. The van der Waals surface area contributed by atoms with Crippen LogP contribution in [0.15, 0.2) is 35.7 Å². The molecule has 0 bridgehead atoms. The molecule has 1 aliphatic rings. The first-order chi connectivity index (χ1) is 10.5. The smallest absolute Gasteiger partial charge is 0.211 e. The third-order valence-corrected chi connectivity index (χ3v) is 6.00. The van der Waals surface area contributed by atoms with Crippen molar-refractivity contribution < 1.29 is 8.42 Å². The minimum Gasteiger partial charge on any atom is -0.295 e. The van der Waals surface area contributed by atoms with E-state index in [-0.39, 0.29) is 0 Å². The number of aromatic nitrogens is 1. The maximum absolute atomic E-state index is 11.5. The van der Waals surface area contributed by atoms with Gasteiger partial charge in [-0.25, -0.2) is 13.4 Å². The van der Waals surface area contributed by atoms with E-state index < -0.39 is 10.0 Å². The average Bonchev–Trinajstić information content (AvgIpc) is 2.96. The molecule has 0 saturated carbocycles. The van der Waals surface area contributed by atoms with Crippen molar-refractivity contribution >= 4 is 21.4 Å². The van der Waals surface area contributed by atoms with Gasteiger partial charge in [0.25, 0.3) is 0 Å². The lowest BCUT2D eigenvalue weighted by Crippen LogP contribution is -2.47. The van der Waals surface area contributed by atoms with Crippen LogP contribution in [0, 0.1) is 0 Å². The molecule has 22 heavy (non-hydrogen) atoms. The van der Waals surface area contributed by atoms with E-state index in [4.69, 9.17) is 0 Å². The van der Waals surface area contributed by atoms with Crippen LogP contribution in [0.2, 0.25) is 0 Å². The molecular formula is C15H19N3O2S2. The van der Waals surface area contributed by atoms with Gasteiger partial charge in [-0.1, -0.05) is 30.3 Å². The van der Waals surface area contributed by atoms with Crippen molar-refractivity contribution in [3.8, 4) is 10.6 Å². The Bertz CT molecular complexity index is 720. The molecule has 0 amide bonds. The second-order valence-electron chi connectivity index (χ2n) is 5.45. The predicted molar refractivity (Wildman–Crippen MR) is 89.2 cm³/mol. The molecule has 3 rings (SSSR count). The maximum Gasteiger partial charge on any atom is 0.211 e. The monoisotopic (exact) mass is 337 g/mol. The predicted octanol–water partition coefficient (Wildman–Crippen LogP) is 1.89. The van der Waals surface area contributed by atoms with Crippen LogP contribution in [-0.4, -0.2) is 55.0 Å². The molecule has 2 heterocycles. The average molecular weight is 337 g/mol. The highest BCUT2D eigenvalue weighted by molar-refractivity contribution is 7.88. The molecule has 0 spiro atoms. The van der Waals surface area contributed by atoms with Crippen LogP contribution in [0.1, 0.15) is 5.69 Å². The van der Waals surface area contributed by atoms with Gasteiger partial charge in [0.2, 0.25) is 10.0 Å². The fourth-order valence-electron chi connectivity index (χ4n) is 2.54. The van der Waals surface area contributed by atoms with Crippen molar-refractivity contribution in [2.45, 2.75) is 6.54 Å². The Hall–Kier alpha value is -1.28. The number of nitrogens with zero attached hydrogens (tertiary/aromatic N) is 3. The van der Waals surface area contributed by atoms with Gasteiger partial charge < -0.3 is 0 Å². The molecule has 1 fully saturated rings. The van der Waals surface area contributed by atoms with Crippen LogP contribution in [-0.2, 0) is 16.6 Å². The molecule has 1 aromatic heterocycles. The third kappa shape index (κ3) is 3.73. The summed E-state index contributed by atoms with van der Waals surface area (Å²) in [5.41, 5.74) is 2.19. The quantitative estimate of drug-likeness (QED) is 0.855. The first-order valence-electron chi connectivity index (χ1n) is 7.20. The molecule has 5 nitrogen and oxygen atoms in total. The van der Waals surface area contributed by atoms with E-state index in [0.717, 1.165) is 35.9 Å².